The second-order valence-corrected chi connectivity index (χ2v) is 6.93. The normalized spacial score (nSPS) is 11.5. The Kier molecular flexibility index (Phi) is 9.70. The summed E-state index contributed by atoms with van der Waals surface area (Å²) in [5.41, 5.74) is 1.59. The van der Waals surface area contributed by atoms with Crippen LogP contribution in [0, 0.1) is 0 Å². The molecule has 33 heavy (non-hydrogen) atoms. The van der Waals surface area contributed by atoms with Crippen LogP contribution in [0.15, 0.2) is 72.0 Å². The quantitative estimate of drug-likeness (QED) is 0.227. The van der Waals surface area contributed by atoms with Crippen molar-refractivity contribution < 1.29 is 18.0 Å². The van der Waals surface area contributed by atoms with Gasteiger partial charge in [-0.25, -0.2) is 0 Å². The number of aromatic nitrogens is 2. The maximum atomic E-state index is 12.7. The number of carbonyl (C=O) groups is 1. The molecule has 0 radical (unpaired) electrons. The average Bonchev–Trinajstić information content (AvgIpc) is 3.26. The van der Waals surface area contributed by atoms with Gasteiger partial charge in [0.2, 0.25) is 5.91 Å². The first-order valence-electron chi connectivity index (χ1n) is 9.80. The van der Waals surface area contributed by atoms with Gasteiger partial charge < -0.3 is 16.0 Å². The Balaban J connectivity index is 0.00000385. The van der Waals surface area contributed by atoms with Crippen molar-refractivity contribution in [2.24, 2.45) is 4.99 Å². The minimum absolute atomic E-state index is 0. The molecule has 3 rings (SSSR count). The van der Waals surface area contributed by atoms with Gasteiger partial charge in [-0.1, -0.05) is 24.3 Å². The van der Waals surface area contributed by atoms with Crippen LogP contribution < -0.4 is 16.0 Å². The van der Waals surface area contributed by atoms with Crippen LogP contribution in [0.1, 0.15) is 16.7 Å². The lowest BCUT2D eigenvalue weighted by Crippen LogP contribution is -2.36. The van der Waals surface area contributed by atoms with Gasteiger partial charge in [0, 0.05) is 38.2 Å². The van der Waals surface area contributed by atoms with Crippen LogP contribution in [0.5, 0.6) is 0 Å². The molecule has 2 aromatic carbocycles. The Hall–Kier alpha value is -3.09. The van der Waals surface area contributed by atoms with E-state index in [9.17, 15) is 18.0 Å². The first-order chi connectivity index (χ1) is 15.3. The molecule has 0 atom stereocenters. The molecule has 1 aromatic heterocycles. The zero-order chi connectivity index (χ0) is 23.0. The lowest BCUT2D eigenvalue weighted by Gasteiger charge is -2.13. The van der Waals surface area contributed by atoms with E-state index in [1.54, 1.807) is 31.6 Å². The molecule has 0 fully saturated rings. The monoisotopic (exact) mass is 572 g/mol. The van der Waals surface area contributed by atoms with Crippen molar-refractivity contribution in [3.05, 3.63) is 83.7 Å². The molecule has 1 amide bonds. The smallest absolute Gasteiger partial charge is 0.352 e. The van der Waals surface area contributed by atoms with Crippen LogP contribution >= 0.6 is 24.0 Å². The van der Waals surface area contributed by atoms with E-state index in [0.717, 1.165) is 17.7 Å². The van der Waals surface area contributed by atoms with Crippen molar-refractivity contribution in [3.63, 3.8) is 0 Å². The molecular formula is C22H24F3IN6O. The molecule has 11 heteroatoms. The fourth-order valence-electron chi connectivity index (χ4n) is 2.90. The number of hydrogen-bond donors (Lipinski definition) is 3. The number of carbonyl (C=O) groups excluding carboxylic acids is 1. The predicted octanol–water partition coefficient (Wildman–Crippen LogP) is 4.02. The van der Waals surface area contributed by atoms with Crippen LogP contribution in [-0.4, -0.2) is 28.7 Å². The van der Waals surface area contributed by atoms with Crippen molar-refractivity contribution in [2.45, 2.75) is 25.8 Å². The van der Waals surface area contributed by atoms with Crippen molar-refractivity contribution in [3.8, 4) is 0 Å². The molecule has 0 aliphatic heterocycles. The zero-order valence-corrected chi connectivity index (χ0v) is 20.1. The summed E-state index contributed by atoms with van der Waals surface area (Å²) in [4.78, 5) is 16.2. The van der Waals surface area contributed by atoms with Crippen LogP contribution in [0.25, 0.3) is 0 Å². The molecule has 3 N–H and O–H groups in total. The summed E-state index contributed by atoms with van der Waals surface area (Å²) in [6, 6.07) is 14.1. The summed E-state index contributed by atoms with van der Waals surface area (Å²) in [5, 5.41) is 13.0. The van der Waals surface area contributed by atoms with Crippen molar-refractivity contribution >= 4 is 41.5 Å². The molecule has 176 valence electrons. The van der Waals surface area contributed by atoms with Gasteiger partial charge in [-0.15, -0.1) is 24.0 Å². The first kappa shape index (κ1) is 26.2. The summed E-state index contributed by atoms with van der Waals surface area (Å²) < 4.78 is 39.5. The van der Waals surface area contributed by atoms with Crippen LogP contribution in [0.3, 0.4) is 0 Å². The molecule has 3 aromatic rings. The highest BCUT2D eigenvalue weighted by Crippen LogP contribution is 2.29. The predicted molar refractivity (Wildman–Crippen MR) is 131 cm³/mol. The SMILES string of the molecule is CN=C(NCc1ccc(C(F)(F)F)cc1)NCc1cccc(NC(=O)Cn2cccn2)c1.I. The number of anilines is 1. The molecule has 0 unspecified atom stereocenters. The van der Waals surface area contributed by atoms with Gasteiger partial charge in [0.05, 0.1) is 5.56 Å². The van der Waals surface area contributed by atoms with Crippen molar-refractivity contribution in [1.29, 1.82) is 0 Å². The van der Waals surface area contributed by atoms with E-state index in [1.807, 2.05) is 18.2 Å². The number of aliphatic imine (C=N–C) groups is 1. The topological polar surface area (TPSA) is 83.3 Å². The van der Waals surface area contributed by atoms with Crippen molar-refractivity contribution in [2.75, 3.05) is 12.4 Å². The minimum atomic E-state index is -4.35. The van der Waals surface area contributed by atoms with Gasteiger partial charge in [-0.2, -0.15) is 18.3 Å². The standard InChI is InChI=1S/C22H23F3N6O.HI/c1-26-21(27-13-16-6-8-18(9-7-16)22(23,24)25)28-14-17-4-2-5-19(12-17)30-20(32)15-31-11-3-10-29-31;/h2-12H,13-15H2,1H3,(H,30,32)(H2,26,27,28);1H. The Labute approximate surface area is 206 Å². The van der Waals surface area contributed by atoms with Crippen LogP contribution in [0.4, 0.5) is 18.9 Å². The van der Waals surface area contributed by atoms with Gasteiger partial charge in [0.1, 0.15) is 6.54 Å². The van der Waals surface area contributed by atoms with E-state index in [4.69, 9.17) is 0 Å². The third kappa shape index (κ3) is 8.40. The molecule has 0 aliphatic rings. The van der Waals surface area contributed by atoms with E-state index in [0.29, 0.717) is 30.3 Å². The maximum absolute atomic E-state index is 12.7. The largest absolute Gasteiger partial charge is 0.416 e. The zero-order valence-electron chi connectivity index (χ0n) is 17.8. The molecule has 1 heterocycles. The van der Waals surface area contributed by atoms with Crippen LogP contribution in [0.2, 0.25) is 0 Å². The summed E-state index contributed by atoms with van der Waals surface area (Å²) in [6.07, 6.45) is -1.03. The lowest BCUT2D eigenvalue weighted by molar-refractivity contribution is -0.137. The highest BCUT2D eigenvalue weighted by Gasteiger charge is 2.29. The number of benzene rings is 2. The average molecular weight is 572 g/mol. The second kappa shape index (κ2) is 12.2. The Morgan fingerprint density at radius 3 is 2.33 bits per heavy atom. The van der Waals surface area contributed by atoms with E-state index >= 15 is 0 Å². The number of nitrogens with one attached hydrogen (secondary N) is 3. The minimum Gasteiger partial charge on any atom is -0.352 e. The number of nitrogens with zero attached hydrogens (tertiary/aromatic N) is 3. The molecule has 7 nitrogen and oxygen atoms in total. The highest BCUT2D eigenvalue weighted by molar-refractivity contribution is 14.0. The first-order valence-corrected chi connectivity index (χ1v) is 9.80. The third-order valence-electron chi connectivity index (χ3n) is 4.50. The van der Waals surface area contributed by atoms with Gasteiger partial charge in [-0.3, -0.25) is 14.5 Å². The second-order valence-electron chi connectivity index (χ2n) is 6.93. The lowest BCUT2D eigenvalue weighted by atomic mass is 10.1. The molecule has 0 spiro atoms. The molecular weight excluding hydrogens is 548 g/mol. The number of hydrogen-bond acceptors (Lipinski definition) is 3. The van der Waals surface area contributed by atoms with E-state index in [-0.39, 0.29) is 36.4 Å². The Bertz CT molecular complexity index is 1050. The van der Waals surface area contributed by atoms with Gasteiger partial charge in [0.15, 0.2) is 5.96 Å². The molecule has 0 bridgehead atoms. The molecule has 0 aliphatic carbocycles. The summed E-state index contributed by atoms with van der Waals surface area (Å²) >= 11 is 0. The van der Waals surface area contributed by atoms with Gasteiger partial charge >= 0.3 is 6.18 Å². The number of alkyl halides is 3. The Morgan fingerprint density at radius 1 is 1.03 bits per heavy atom. The summed E-state index contributed by atoms with van der Waals surface area (Å²) in [5.74, 6) is 0.311. The van der Waals surface area contributed by atoms with E-state index in [1.165, 1.54) is 16.8 Å². The summed E-state index contributed by atoms with van der Waals surface area (Å²) in [7, 11) is 1.61. The maximum Gasteiger partial charge on any atom is 0.416 e. The fraction of sp³-hybridized carbons (Fsp3) is 0.227. The molecule has 0 saturated heterocycles. The van der Waals surface area contributed by atoms with Crippen LogP contribution in [-0.2, 0) is 30.6 Å². The number of halogens is 4. The fourth-order valence-corrected chi connectivity index (χ4v) is 2.90. The van der Waals surface area contributed by atoms with Crippen molar-refractivity contribution in [1.82, 2.24) is 20.4 Å². The molecule has 0 saturated carbocycles. The van der Waals surface area contributed by atoms with Gasteiger partial charge in [-0.05, 0) is 41.5 Å². The van der Waals surface area contributed by atoms with E-state index in [2.05, 4.69) is 26.0 Å². The third-order valence-corrected chi connectivity index (χ3v) is 4.50. The Morgan fingerprint density at radius 2 is 1.73 bits per heavy atom. The number of amides is 1. The number of rotatable bonds is 7. The number of guanidine groups is 1. The van der Waals surface area contributed by atoms with Gasteiger partial charge in [0.25, 0.3) is 0 Å². The highest BCUT2D eigenvalue weighted by atomic mass is 127. The van der Waals surface area contributed by atoms with E-state index < -0.39 is 11.7 Å². The summed E-state index contributed by atoms with van der Waals surface area (Å²) in [6.45, 7) is 0.882.